The molecular weight excluding hydrogens is 458 g/mol. The Labute approximate surface area is 200 Å². The molecule has 2 radical (unpaired) electrons. The summed E-state index contributed by atoms with van der Waals surface area (Å²) in [6.07, 6.45) is 38.6. The first-order chi connectivity index (χ1) is 14.4. The third kappa shape index (κ3) is 28.8. The Kier molecular flexibility index (Phi) is 29.6. The maximum atomic E-state index is 2.31. The number of unbranched alkanes of at least 4 members (excludes halogenated alkanes) is 25. The van der Waals surface area contributed by atoms with E-state index in [1.165, 1.54) is 171 Å². The molecule has 0 rings (SSSR count). The molecule has 0 amide bonds. The molecule has 0 aromatic heterocycles. The molecule has 0 N–H and O–H groups in total. The van der Waals surface area contributed by atoms with Gasteiger partial charge in [-0.2, -0.15) is 0 Å². The van der Waals surface area contributed by atoms with Crippen LogP contribution in [0.3, 0.4) is 0 Å². The Morgan fingerprint density at radius 2 is 0.448 bits per heavy atom. The summed E-state index contributed by atoms with van der Waals surface area (Å²) in [6, 6.07) is 0. The van der Waals surface area contributed by atoms with Crippen LogP contribution in [-0.4, -0.2) is 23.0 Å². The van der Waals surface area contributed by atoms with Gasteiger partial charge in [0.05, 0.1) is 0 Å². The van der Waals surface area contributed by atoms with Crippen LogP contribution in [0.25, 0.3) is 0 Å². The zero-order valence-electron chi connectivity index (χ0n) is 20.5. The molecule has 0 spiro atoms. The van der Waals surface area contributed by atoms with Crippen molar-refractivity contribution in [1.29, 1.82) is 0 Å². The van der Waals surface area contributed by atoms with Crippen LogP contribution in [-0.2, 0) is 0 Å². The zero-order valence-corrected chi connectivity index (χ0v) is 23.1. The van der Waals surface area contributed by atoms with E-state index >= 15 is 0 Å². The van der Waals surface area contributed by atoms with Gasteiger partial charge in [0.15, 0.2) is 0 Å². The Hall–Kier alpha value is 0.818. The van der Waals surface area contributed by atoms with Crippen LogP contribution in [0.2, 0.25) is 4.37 Å². The van der Waals surface area contributed by atoms with E-state index in [0.29, 0.717) is 0 Å². The van der Waals surface area contributed by atoms with E-state index in [1.54, 1.807) is 0 Å². The molecule has 0 aliphatic heterocycles. The molecule has 0 nitrogen and oxygen atoms in total. The van der Waals surface area contributed by atoms with E-state index in [2.05, 4.69) is 6.92 Å². The molecule has 0 atom stereocenters. The van der Waals surface area contributed by atoms with Crippen molar-refractivity contribution in [2.24, 2.45) is 0 Å². The number of hydrogen-bond donors (Lipinski definition) is 0. The summed E-state index contributed by atoms with van der Waals surface area (Å²) in [5, 5.41) is 0. The predicted octanol–water partition coefficient (Wildman–Crippen LogP) is 10.7. The molecule has 0 aromatic rings. The molecular formula is C28H57Sb. The monoisotopic (exact) mass is 514 g/mol. The Balaban J connectivity index is 2.97. The van der Waals surface area contributed by atoms with Gasteiger partial charge >= 0.3 is 98.0 Å². The van der Waals surface area contributed by atoms with E-state index < -0.39 is 0 Å². The molecule has 0 heterocycles. The average Bonchev–Trinajstić information content (AvgIpc) is 2.74. The van der Waals surface area contributed by atoms with Crippen LogP contribution in [0.4, 0.5) is 0 Å². The van der Waals surface area contributed by atoms with Crippen molar-refractivity contribution < 1.29 is 0 Å². The Morgan fingerprint density at radius 3 is 0.621 bits per heavy atom. The first-order valence-corrected chi connectivity index (χ1v) is 15.8. The van der Waals surface area contributed by atoms with Crippen LogP contribution >= 0.6 is 0 Å². The van der Waals surface area contributed by atoms with Crippen LogP contribution in [0.15, 0.2) is 0 Å². The molecule has 0 aliphatic carbocycles. The molecule has 0 aliphatic rings. The van der Waals surface area contributed by atoms with Gasteiger partial charge in [0.1, 0.15) is 0 Å². The third-order valence-electron chi connectivity index (χ3n) is 6.51. The minimum atomic E-state index is 1.37. The summed E-state index contributed by atoms with van der Waals surface area (Å²) < 4.78 is 1.42. The summed E-state index contributed by atoms with van der Waals surface area (Å²) in [4.78, 5) is 0. The number of hydrogen-bond acceptors (Lipinski definition) is 0. The molecule has 0 bridgehead atoms. The molecule has 29 heavy (non-hydrogen) atoms. The minimum absolute atomic E-state index is 1.37. The molecule has 174 valence electrons. The van der Waals surface area contributed by atoms with Gasteiger partial charge in [-0.1, -0.05) is 103 Å². The van der Waals surface area contributed by atoms with Gasteiger partial charge in [-0.15, -0.1) is 0 Å². The quantitative estimate of drug-likeness (QED) is 0.0794. The summed E-state index contributed by atoms with van der Waals surface area (Å²) in [5.41, 5.74) is 0. The summed E-state index contributed by atoms with van der Waals surface area (Å²) in [6.45, 7) is 2.31. The molecule has 1 heteroatoms. The molecule has 0 saturated carbocycles. The van der Waals surface area contributed by atoms with Gasteiger partial charge in [-0.25, -0.2) is 0 Å². The van der Waals surface area contributed by atoms with Gasteiger partial charge in [-0.3, -0.25) is 0 Å². The zero-order chi connectivity index (χ0) is 21.1. The van der Waals surface area contributed by atoms with Crippen molar-refractivity contribution in [3.8, 4) is 0 Å². The van der Waals surface area contributed by atoms with Crippen molar-refractivity contribution in [3.05, 3.63) is 0 Å². The van der Waals surface area contributed by atoms with E-state index in [0.717, 1.165) is 0 Å². The van der Waals surface area contributed by atoms with E-state index in [4.69, 9.17) is 0 Å². The molecule has 0 saturated heterocycles. The fourth-order valence-corrected chi connectivity index (χ4v) is 5.07. The van der Waals surface area contributed by atoms with E-state index in [-0.39, 0.29) is 0 Å². The summed E-state index contributed by atoms with van der Waals surface area (Å²) >= 11 is 1.98. The van der Waals surface area contributed by atoms with Crippen molar-refractivity contribution in [1.82, 2.24) is 0 Å². The molecule has 0 fully saturated rings. The normalized spacial score (nSPS) is 11.4. The van der Waals surface area contributed by atoms with Crippen LogP contribution in [0.1, 0.15) is 174 Å². The van der Waals surface area contributed by atoms with Crippen molar-refractivity contribution in [2.75, 3.05) is 0 Å². The van der Waals surface area contributed by atoms with Crippen LogP contribution in [0.5, 0.6) is 0 Å². The van der Waals surface area contributed by atoms with Crippen LogP contribution in [0, 0.1) is 0 Å². The SMILES string of the molecule is CCCCCCCCCCCCCCCCCCCCCCCCCCC[CH2][Sb]. The second-order valence-electron chi connectivity index (χ2n) is 9.56. The topological polar surface area (TPSA) is 0 Å². The van der Waals surface area contributed by atoms with Gasteiger partial charge in [0.25, 0.3) is 0 Å². The van der Waals surface area contributed by atoms with Crippen molar-refractivity contribution in [3.63, 3.8) is 0 Å². The predicted molar refractivity (Wildman–Crippen MR) is 136 cm³/mol. The first-order valence-electron chi connectivity index (χ1n) is 14.0. The third-order valence-corrected chi connectivity index (χ3v) is 7.41. The fraction of sp³-hybridized carbons (Fsp3) is 1.00. The van der Waals surface area contributed by atoms with Crippen molar-refractivity contribution in [2.45, 2.75) is 178 Å². The Bertz CT molecular complexity index is 237. The Morgan fingerprint density at radius 1 is 0.276 bits per heavy atom. The van der Waals surface area contributed by atoms with E-state index in [9.17, 15) is 0 Å². The maximum absolute atomic E-state index is 2.31. The van der Waals surface area contributed by atoms with Gasteiger partial charge < -0.3 is 0 Å². The standard InChI is InChI=1S/C28H57.Sb/c1-3-5-7-9-11-13-15-17-19-21-23-25-27-28-26-24-22-20-18-16-14-12-10-8-6-4-2;/h1,3-28H2,2H3;. The second-order valence-corrected chi connectivity index (χ2v) is 10.8. The molecule has 0 aromatic carbocycles. The van der Waals surface area contributed by atoms with Gasteiger partial charge in [0, 0.05) is 0 Å². The van der Waals surface area contributed by atoms with Crippen molar-refractivity contribution >= 4 is 23.0 Å². The van der Waals surface area contributed by atoms with Crippen LogP contribution < -0.4 is 0 Å². The van der Waals surface area contributed by atoms with Gasteiger partial charge in [-0.05, 0) is 0 Å². The van der Waals surface area contributed by atoms with Gasteiger partial charge in [0.2, 0.25) is 0 Å². The summed E-state index contributed by atoms with van der Waals surface area (Å²) in [7, 11) is 0. The second kappa shape index (κ2) is 28.8. The average molecular weight is 516 g/mol. The summed E-state index contributed by atoms with van der Waals surface area (Å²) in [5.74, 6) is 0. The fourth-order valence-electron chi connectivity index (χ4n) is 4.43. The molecule has 0 unspecified atom stereocenters. The first kappa shape index (κ1) is 29.8. The number of rotatable bonds is 26. The van der Waals surface area contributed by atoms with E-state index in [1.807, 2.05) is 23.0 Å².